The summed E-state index contributed by atoms with van der Waals surface area (Å²) in [6.07, 6.45) is -2.84. The Morgan fingerprint density at radius 1 is 1.00 bits per heavy atom. The Labute approximate surface area is 198 Å². The molecule has 2 N–H and O–H groups in total. The molecule has 1 aromatic carbocycles. The summed E-state index contributed by atoms with van der Waals surface area (Å²) in [4.78, 5) is 50.7. The fourth-order valence-corrected chi connectivity index (χ4v) is 5.04. The zero-order valence-electron chi connectivity index (χ0n) is 18.8. The summed E-state index contributed by atoms with van der Waals surface area (Å²) in [7, 11) is -4.16. The largest absolute Gasteiger partial charge is 0.459 e. The minimum atomic E-state index is -4.16. The molecule has 0 unspecified atom stereocenters. The van der Waals surface area contributed by atoms with Gasteiger partial charge in [0.05, 0.1) is 6.61 Å². The summed E-state index contributed by atoms with van der Waals surface area (Å²) in [5, 5.41) is 2.52. The van der Waals surface area contributed by atoms with Crippen LogP contribution in [0, 0.1) is 0 Å². The summed E-state index contributed by atoms with van der Waals surface area (Å²) in [6.45, 7) is 2.34. The molecule has 3 heterocycles. The minimum Gasteiger partial charge on any atom is -0.457 e. The minimum absolute atomic E-state index is 0.0139. The quantitative estimate of drug-likeness (QED) is 0.445. The lowest BCUT2D eigenvalue weighted by molar-refractivity contribution is -0.173. The van der Waals surface area contributed by atoms with Crippen LogP contribution in [0.15, 0.2) is 52.2 Å². The number of para-hydroxylation sites is 1. The number of fused-ring (bicyclic) bond motifs is 1. The lowest BCUT2D eigenvalue weighted by atomic mass is 10.2. The molecule has 0 bridgehead atoms. The number of ether oxygens (including phenoxy) is 3. The number of rotatable bonds is 3. The van der Waals surface area contributed by atoms with E-state index >= 15 is 0 Å². The highest BCUT2D eigenvalue weighted by Crippen LogP contribution is 2.46. The topological polar surface area (TPSA) is 164 Å². The SMILES string of the molecule is C[C@@H]1N[P@](=O)(Oc2ccccc2)OC[C@H]2O[C@@H](n3ccc(=O)[nH]c3=O)C[C@@H]2OC(=O)[C@H](C)OC1=O. The Morgan fingerprint density at radius 2 is 1.74 bits per heavy atom. The van der Waals surface area contributed by atoms with E-state index in [0.717, 1.165) is 10.6 Å². The van der Waals surface area contributed by atoms with Crippen LogP contribution in [0.5, 0.6) is 5.75 Å². The van der Waals surface area contributed by atoms with Gasteiger partial charge in [0.2, 0.25) is 0 Å². The molecule has 2 aromatic rings. The van der Waals surface area contributed by atoms with Gasteiger partial charge in [0.15, 0.2) is 6.10 Å². The van der Waals surface area contributed by atoms with Crippen LogP contribution in [0.4, 0.5) is 0 Å². The van der Waals surface area contributed by atoms with E-state index in [1.54, 1.807) is 30.3 Å². The van der Waals surface area contributed by atoms with Crippen molar-refractivity contribution in [3.8, 4) is 5.75 Å². The lowest BCUT2D eigenvalue weighted by Gasteiger charge is -2.27. The maximum atomic E-state index is 13.6. The number of carbonyl (C=O) groups is 2. The standard InChI is InChI=1S/C21H24N3O10P/c1-12-19(26)31-13(2)20(27)33-15-10-18(24-9-8-17(25)22-21(24)28)32-16(15)11-30-35(29,23-12)34-14-6-4-3-5-7-14/h3-9,12-13,15-16,18H,10-11H2,1-2H3,(H,23,29)(H,22,25,28)/t12-,13-,15-,16+,18+,35+/m0/s1. The van der Waals surface area contributed by atoms with E-state index in [0.29, 0.717) is 0 Å². The molecule has 6 atom stereocenters. The van der Waals surface area contributed by atoms with Crippen LogP contribution in [0.25, 0.3) is 0 Å². The average Bonchev–Trinajstić information content (AvgIpc) is 3.19. The number of carbonyl (C=O) groups excluding carboxylic acids is 2. The van der Waals surface area contributed by atoms with Gasteiger partial charge in [0.1, 0.15) is 30.2 Å². The smallest absolute Gasteiger partial charge is 0.457 e. The number of hydrogen-bond donors (Lipinski definition) is 2. The van der Waals surface area contributed by atoms with Crippen molar-refractivity contribution in [3.63, 3.8) is 0 Å². The average molecular weight is 509 g/mol. The molecule has 0 radical (unpaired) electrons. The molecular formula is C21H24N3O10P. The van der Waals surface area contributed by atoms with Crippen LogP contribution in [0.2, 0.25) is 0 Å². The van der Waals surface area contributed by atoms with E-state index in [-0.39, 0.29) is 18.8 Å². The number of hydrogen-bond acceptors (Lipinski definition) is 10. The fraction of sp³-hybridized carbons (Fsp3) is 0.429. The monoisotopic (exact) mass is 509 g/mol. The zero-order chi connectivity index (χ0) is 25.2. The van der Waals surface area contributed by atoms with Gasteiger partial charge in [-0.1, -0.05) is 18.2 Å². The van der Waals surface area contributed by atoms with E-state index in [1.807, 2.05) is 0 Å². The van der Waals surface area contributed by atoms with Crippen molar-refractivity contribution in [2.75, 3.05) is 6.61 Å². The molecular weight excluding hydrogens is 485 g/mol. The molecule has 13 nitrogen and oxygen atoms in total. The number of nitrogens with one attached hydrogen (secondary N) is 2. The first-order valence-corrected chi connectivity index (χ1v) is 12.3. The second-order valence-corrected chi connectivity index (χ2v) is 9.68. The molecule has 2 aliphatic rings. The third-order valence-electron chi connectivity index (χ3n) is 5.32. The van der Waals surface area contributed by atoms with Gasteiger partial charge in [-0.15, -0.1) is 0 Å². The molecule has 0 amide bonds. The Balaban J connectivity index is 1.62. The van der Waals surface area contributed by atoms with Crippen LogP contribution in [-0.2, 0) is 32.9 Å². The van der Waals surface area contributed by atoms with Crippen molar-refractivity contribution in [1.29, 1.82) is 0 Å². The third-order valence-corrected chi connectivity index (χ3v) is 6.96. The normalized spacial score (nSPS) is 31.9. The zero-order valence-corrected chi connectivity index (χ0v) is 19.7. The maximum Gasteiger partial charge on any atom is 0.459 e. The van der Waals surface area contributed by atoms with E-state index in [9.17, 15) is 23.7 Å². The summed E-state index contributed by atoms with van der Waals surface area (Å²) < 4.78 is 42.3. The number of aromatic amines is 1. The van der Waals surface area contributed by atoms with E-state index in [1.165, 1.54) is 20.0 Å². The van der Waals surface area contributed by atoms with Gasteiger partial charge in [0, 0.05) is 18.7 Å². The van der Waals surface area contributed by atoms with E-state index in [4.69, 9.17) is 23.3 Å². The molecule has 1 aromatic heterocycles. The van der Waals surface area contributed by atoms with E-state index < -0.39 is 61.5 Å². The van der Waals surface area contributed by atoms with Crippen molar-refractivity contribution in [2.24, 2.45) is 0 Å². The number of nitrogens with zero attached hydrogens (tertiary/aromatic N) is 1. The van der Waals surface area contributed by atoms with Crippen LogP contribution in [-0.4, -0.2) is 52.5 Å². The molecule has 0 aliphatic carbocycles. The van der Waals surface area contributed by atoms with Crippen LogP contribution in [0.1, 0.15) is 26.5 Å². The van der Waals surface area contributed by atoms with Crippen LogP contribution < -0.4 is 20.9 Å². The lowest BCUT2D eigenvalue weighted by Crippen LogP contribution is -2.42. The number of aromatic nitrogens is 2. The summed E-state index contributed by atoms with van der Waals surface area (Å²) >= 11 is 0. The van der Waals surface area contributed by atoms with Crippen molar-refractivity contribution in [3.05, 3.63) is 63.4 Å². The van der Waals surface area contributed by atoms with Gasteiger partial charge in [-0.3, -0.25) is 23.7 Å². The highest BCUT2D eigenvalue weighted by molar-refractivity contribution is 7.52. The fourth-order valence-electron chi connectivity index (χ4n) is 3.54. The Hall–Kier alpha value is -3.25. The van der Waals surface area contributed by atoms with Crippen molar-refractivity contribution >= 4 is 19.7 Å². The van der Waals surface area contributed by atoms with Crippen LogP contribution in [0.3, 0.4) is 0 Å². The first-order valence-electron chi connectivity index (χ1n) is 10.8. The summed E-state index contributed by atoms with van der Waals surface area (Å²) in [6, 6.07) is 8.17. The predicted octanol–water partition coefficient (Wildman–Crippen LogP) is 0.863. The molecule has 2 aliphatic heterocycles. The highest BCUT2D eigenvalue weighted by atomic mass is 31.2. The maximum absolute atomic E-state index is 13.6. The third kappa shape index (κ3) is 5.88. The number of benzene rings is 1. The van der Waals surface area contributed by atoms with Crippen molar-refractivity contribution < 1.29 is 37.4 Å². The molecule has 14 heteroatoms. The Kier molecular flexibility index (Phi) is 7.22. The first-order chi connectivity index (χ1) is 16.6. The molecule has 35 heavy (non-hydrogen) atoms. The van der Waals surface area contributed by atoms with Crippen LogP contribution >= 0.6 is 7.75 Å². The molecule has 188 valence electrons. The molecule has 0 saturated carbocycles. The van der Waals surface area contributed by atoms with Gasteiger partial charge in [-0.05, 0) is 26.0 Å². The number of esters is 2. The van der Waals surface area contributed by atoms with Gasteiger partial charge in [-0.2, -0.15) is 5.09 Å². The number of cyclic esters (lactones) is 1. The highest BCUT2D eigenvalue weighted by Gasteiger charge is 2.43. The van der Waals surface area contributed by atoms with Gasteiger partial charge in [-0.25, -0.2) is 14.2 Å². The molecule has 4 rings (SSSR count). The molecule has 2 saturated heterocycles. The van der Waals surface area contributed by atoms with E-state index in [2.05, 4.69) is 10.1 Å². The number of H-pyrrole nitrogens is 1. The Morgan fingerprint density at radius 3 is 2.46 bits per heavy atom. The molecule has 0 spiro atoms. The predicted molar refractivity (Wildman–Crippen MR) is 119 cm³/mol. The summed E-state index contributed by atoms with van der Waals surface area (Å²) in [5.74, 6) is -1.48. The van der Waals surface area contributed by atoms with Gasteiger partial charge in [0.25, 0.3) is 5.56 Å². The Bertz CT molecular complexity index is 1250. The van der Waals surface area contributed by atoms with Crippen molar-refractivity contribution in [1.82, 2.24) is 14.6 Å². The second kappa shape index (κ2) is 10.2. The van der Waals surface area contributed by atoms with Crippen molar-refractivity contribution in [2.45, 2.75) is 50.8 Å². The van der Waals surface area contributed by atoms with Gasteiger partial charge < -0.3 is 18.7 Å². The first kappa shape index (κ1) is 24.9. The van der Waals surface area contributed by atoms with Gasteiger partial charge >= 0.3 is 25.4 Å². The second-order valence-electron chi connectivity index (χ2n) is 7.99. The molecule has 2 fully saturated rings. The summed E-state index contributed by atoms with van der Waals surface area (Å²) in [5.41, 5.74) is -1.30.